The summed E-state index contributed by atoms with van der Waals surface area (Å²) < 4.78 is 6.84. The molecule has 26 heavy (non-hydrogen) atoms. The molecule has 0 aliphatic carbocycles. The maximum Gasteiger partial charge on any atom is 0.278 e. The predicted molar refractivity (Wildman–Crippen MR) is 95.8 cm³/mol. The summed E-state index contributed by atoms with van der Waals surface area (Å²) in [6, 6.07) is 7.03. The highest BCUT2D eigenvalue weighted by Crippen LogP contribution is 2.14. The number of fused-ring (bicyclic) bond motifs is 1. The maximum absolute atomic E-state index is 12.6. The molecular formula is C18H23N5O3. The second-order valence-electron chi connectivity index (χ2n) is 6.89. The van der Waals surface area contributed by atoms with Crippen LogP contribution in [-0.2, 0) is 16.1 Å². The summed E-state index contributed by atoms with van der Waals surface area (Å²) in [5.41, 5.74) is 0.268. The number of carbonyl (C=O) groups is 1. The van der Waals surface area contributed by atoms with E-state index in [9.17, 15) is 9.59 Å². The van der Waals surface area contributed by atoms with Gasteiger partial charge in [0.2, 0.25) is 5.91 Å². The van der Waals surface area contributed by atoms with E-state index in [1.165, 1.54) is 0 Å². The lowest BCUT2D eigenvalue weighted by Crippen LogP contribution is -2.51. The van der Waals surface area contributed by atoms with Gasteiger partial charge >= 0.3 is 0 Å². The zero-order valence-corrected chi connectivity index (χ0v) is 14.7. The molecule has 0 bridgehead atoms. The standard InChI is InChI=1S/C18H23N5O3/c24-17(13-23-18(25)15-5-1-2-6-16(15)19-20-23)22-9-7-21(8-10-22)12-14-4-3-11-26-14/h1-2,5-6,14H,3-4,7-13H2. The highest BCUT2D eigenvalue weighted by atomic mass is 16.5. The number of piperazine rings is 1. The van der Waals surface area contributed by atoms with Gasteiger partial charge in [-0.15, -0.1) is 5.10 Å². The molecule has 8 nitrogen and oxygen atoms in total. The van der Waals surface area contributed by atoms with Crippen molar-refractivity contribution < 1.29 is 9.53 Å². The topological polar surface area (TPSA) is 80.6 Å². The zero-order chi connectivity index (χ0) is 17.9. The van der Waals surface area contributed by atoms with E-state index < -0.39 is 0 Å². The van der Waals surface area contributed by atoms with Crippen molar-refractivity contribution in [1.29, 1.82) is 0 Å². The van der Waals surface area contributed by atoms with Crippen LogP contribution in [0.15, 0.2) is 29.1 Å². The average Bonchev–Trinajstić information content (AvgIpc) is 3.18. The molecule has 0 saturated carbocycles. The van der Waals surface area contributed by atoms with E-state index >= 15 is 0 Å². The molecule has 2 aliphatic heterocycles. The van der Waals surface area contributed by atoms with Gasteiger partial charge in [-0.1, -0.05) is 17.3 Å². The Balaban J connectivity index is 1.35. The molecular weight excluding hydrogens is 334 g/mol. The van der Waals surface area contributed by atoms with Crippen LogP contribution in [0.1, 0.15) is 12.8 Å². The molecule has 1 aromatic carbocycles. The summed E-state index contributed by atoms with van der Waals surface area (Å²) in [4.78, 5) is 29.2. The number of aromatic nitrogens is 3. The Morgan fingerprint density at radius 3 is 2.77 bits per heavy atom. The summed E-state index contributed by atoms with van der Waals surface area (Å²) in [6.07, 6.45) is 2.61. The second-order valence-corrected chi connectivity index (χ2v) is 6.89. The number of hydrogen-bond acceptors (Lipinski definition) is 6. The first kappa shape index (κ1) is 17.1. The lowest BCUT2D eigenvalue weighted by atomic mass is 10.2. The number of amides is 1. The van der Waals surface area contributed by atoms with E-state index in [2.05, 4.69) is 15.2 Å². The Kier molecular flexibility index (Phi) is 4.94. The molecule has 1 amide bonds. The number of benzene rings is 1. The highest BCUT2D eigenvalue weighted by molar-refractivity contribution is 5.78. The normalized spacial score (nSPS) is 21.4. The van der Waals surface area contributed by atoms with Gasteiger partial charge in [0.25, 0.3) is 5.56 Å². The fraction of sp³-hybridized carbons (Fsp3) is 0.556. The van der Waals surface area contributed by atoms with Crippen LogP contribution in [0.2, 0.25) is 0 Å². The van der Waals surface area contributed by atoms with Crippen molar-refractivity contribution >= 4 is 16.8 Å². The summed E-state index contributed by atoms with van der Waals surface area (Å²) in [6.45, 7) is 4.75. The van der Waals surface area contributed by atoms with Crippen LogP contribution in [0.5, 0.6) is 0 Å². The summed E-state index contributed by atoms with van der Waals surface area (Å²) in [5.74, 6) is -0.0894. The minimum absolute atomic E-state index is 0.0671. The third-order valence-electron chi connectivity index (χ3n) is 5.13. The molecule has 3 heterocycles. The van der Waals surface area contributed by atoms with E-state index in [1.807, 2.05) is 6.07 Å². The quantitative estimate of drug-likeness (QED) is 0.773. The van der Waals surface area contributed by atoms with Crippen LogP contribution in [0.25, 0.3) is 10.9 Å². The van der Waals surface area contributed by atoms with Crippen molar-refractivity contribution in [1.82, 2.24) is 24.8 Å². The Morgan fingerprint density at radius 2 is 2.00 bits per heavy atom. The van der Waals surface area contributed by atoms with Crippen LogP contribution in [-0.4, -0.2) is 76.1 Å². The molecule has 2 saturated heterocycles. The van der Waals surface area contributed by atoms with Crippen LogP contribution in [0.3, 0.4) is 0 Å². The third kappa shape index (κ3) is 3.61. The monoisotopic (exact) mass is 357 g/mol. The molecule has 0 spiro atoms. The third-order valence-corrected chi connectivity index (χ3v) is 5.13. The lowest BCUT2D eigenvalue weighted by molar-refractivity contribution is -0.134. The van der Waals surface area contributed by atoms with Gasteiger partial charge in [0, 0.05) is 39.3 Å². The van der Waals surface area contributed by atoms with Gasteiger partial charge < -0.3 is 9.64 Å². The first-order chi connectivity index (χ1) is 12.7. The fourth-order valence-corrected chi connectivity index (χ4v) is 3.61. The molecule has 1 atom stereocenters. The highest BCUT2D eigenvalue weighted by Gasteiger charge is 2.25. The number of carbonyl (C=O) groups excluding carboxylic acids is 1. The zero-order valence-electron chi connectivity index (χ0n) is 14.7. The molecule has 1 aromatic heterocycles. The van der Waals surface area contributed by atoms with Gasteiger partial charge in [0.1, 0.15) is 12.1 Å². The lowest BCUT2D eigenvalue weighted by Gasteiger charge is -2.35. The van der Waals surface area contributed by atoms with Gasteiger partial charge in [-0.05, 0) is 25.0 Å². The van der Waals surface area contributed by atoms with E-state index in [1.54, 1.807) is 23.1 Å². The number of hydrogen-bond donors (Lipinski definition) is 0. The first-order valence-electron chi connectivity index (χ1n) is 9.15. The number of ether oxygens (including phenoxy) is 1. The van der Waals surface area contributed by atoms with E-state index in [4.69, 9.17) is 4.74 Å². The van der Waals surface area contributed by atoms with Crippen molar-refractivity contribution in [3.63, 3.8) is 0 Å². The molecule has 0 radical (unpaired) electrons. The van der Waals surface area contributed by atoms with Crippen LogP contribution in [0.4, 0.5) is 0 Å². The van der Waals surface area contributed by atoms with Crippen LogP contribution in [0, 0.1) is 0 Å². The molecule has 2 aromatic rings. The SMILES string of the molecule is O=C(Cn1nnc2ccccc2c1=O)N1CCN(CC2CCCO2)CC1. The summed E-state index contributed by atoms with van der Waals surface area (Å²) in [5, 5.41) is 8.42. The predicted octanol–water partition coefficient (Wildman–Crippen LogP) is 0.115. The van der Waals surface area contributed by atoms with Crippen LogP contribution >= 0.6 is 0 Å². The van der Waals surface area contributed by atoms with E-state index in [0.29, 0.717) is 30.1 Å². The van der Waals surface area contributed by atoms with Crippen molar-refractivity contribution in [3.8, 4) is 0 Å². The van der Waals surface area contributed by atoms with Crippen molar-refractivity contribution in [2.75, 3.05) is 39.3 Å². The van der Waals surface area contributed by atoms with Gasteiger partial charge in [0.05, 0.1) is 11.5 Å². The minimum Gasteiger partial charge on any atom is -0.377 e. The first-order valence-corrected chi connectivity index (χ1v) is 9.15. The Hall–Kier alpha value is -2.32. The smallest absolute Gasteiger partial charge is 0.278 e. The molecule has 2 fully saturated rings. The molecule has 0 N–H and O–H groups in total. The van der Waals surface area contributed by atoms with Crippen molar-refractivity contribution in [2.24, 2.45) is 0 Å². The van der Waals surface area contributed by atoms with Crippen molar-refractivity contribution in [2.45, 2.75) is 25.5 Å². The maximum atomic E-state index is 12.6. The molecule has 1 unspecified atom stereocenters. The van der Waals surface area contributed by atoms with E-state index in [-0.39, 0.29) is 18.0 Å². The molecule has 4 rings (SSSR count). The summed E-state index contributed by atoms with van der Waals surface area (Å²) >= 11 is 0. The Bertz CT molecular complexity index is 838. The van der Waals surface area contributed by atoms with Gasteiger partial charge in [-0.3, -0.25) is 14.5 Å². The van der Waals surface area contributed by atoms with Gasteiger partial charge in [-0.2, -0.15) is 0 Å². The number of rotatable bonds is 4. The Morgan fingerprint density at radius 1 is 1.19 bits per heavy atom. The molecule has 8 heteroatoms. The summed E-state index contributed by atoms with van der Waals surface area (Å²) in [7, 11) is 0. The van der Waals surface area contributed by atoms with Crippen molar-refractivity contribution in [3.05, 3.63) is 34.6 Å². The Labute approximate surface area is 151 Å². The van der Waals surface area contributed by atoms with Gasteiger partial charge in [0.15, 0.2) is 0 Å². The second kappa shape index (κ2) is 7.51. The largest absolute Gasteiger partial charge is 0.377 e. The van der Waals surface area contributed by atoms with Gasteiger partial charge in [-0.25, -0.2) is 4.68 Å². The van der Waals surface area contributed by atoms with Crippen LogP contribution < -0.4 is 5.56 Å². The average molecular weight is 357 g/mol. The fourth-order valence-electron chi connectivity index (χ4n) is 3.61. The minimum atomic E-state index is -0.277. The molecule has 2 aliphatic rings. The number of nitrogens with zero attached hydrogens (tertiary/aromatic N) is 5. The molecule has 138 valence electrons. The van der Waals surface area contributed by atoms with E-state index in [0.717, 1.165) is 43.8 Å².